The molecular weight excluding hydrogens is 254 g/mol. The highest BCUT2D eigenvalue weighted by Crippen LogP contribution is 2.16. The maximum atomic E-state index is 5.39. The van der Waals surface area contributed by atoms with Crippen LogP contribution in [0.3, 0.4) is 0 Å². The van der Waals surface area contributed by atoms with E-state index in [1.54, 1.807) is 7.11 Å². The minimum Gasteiger partial charge on any atom is -0.383 e. The summed E-state index contributed by atoms with van der Waals surface area (Å²) in [5, 5.41) is 3.49. The Morgan fingerprint density at radius 3 is 2.35 bits per heavy atom. The number of rotatable bonds is 8. The standard InChI is InChI=1S/C15H31N3O2/c1-19-11-4-16-14-15-2-5-17(6-3-15)7-8-18-9-12-20-13-10-18/h15-16H,2-14H2,1H3. The number of nitrogens with zero attached hydrogens (tertiary/aromatic N) is 2. The van der Waals surface area contributed by atoms with E-state index >= 15 is 0 Å². The van der Waals surface area contributed by atoms with E-state index in [1.807, 2.05) is 0 Å². The Hall–Kier alpha value is -0.200. The van der Waals surface area contributed by atoms with Gasteiger partial charge >= 0.3 is 0 Å². The van der Waals surface area contributed by atoms with Gasteiger partial charge in [0, 0.05) is 39.8 Å². The zero-order chi connectivity index (χ0) is 14.0. The number of hydrogen-bond acceptors (Lipinski definition) is 5. The van der Waals surface area contributed by atoms with Crippen LogP contribution in [0, 0.1) is 5.92 Å². The van der Waals surface area contributed by atoms with Gasteiger partial charge in [0.25, 0.3) is 0 Å². The molecule has 2 rings (SSSR count). The van der Waals surface area contributed by atoms with Crippen LogP contribution in [0.1, 0.15) is 12.8 Å². The Balaban J connectivity index is 1.50. The van der Waals surface area contributed by atoms with Crippen LogP contribution >= 0.6 is 0 Å². The highest BCUT2D eigenvalue weighted by Gasteiger charge is 2.19. The van der Waals surface area contributed by atoms with Crippen LogP contribution in [0.4, 0.5) is 0 Å². The largest absolute Gasteiger partial charge is 0.383 e. The van der Waals surface area contributed by atoms with Crippen molar-refractivity contribution in [3.63, 3.8) is 0 Å². The van der Waals surface area contributed by atoms with Gasteiger partial charge in [0.05, 0.1) is 19.8 Å². The van der Waals surface area contributed by atoms with E-state index in [4.69, 9.17) is 9.47 Å². The van der Waals surface area contributed by atoms with Gasteiger partial charge in [-0.3, -0.25) is 4.90 Å². The molecule has 2 heterocycles. The fourth-order valence-corrected chi connectivity index (χ4v) is 3.00. The maximum Gasteiger partial charge on any atom is 0.0594 e. The lowest BCUT2D eigenvalue weighted by Gasteiger charge is -2.34. The van der Waals surface area contributed by atoms with Gasteiger partial charge in [-0.15, -0.1) is 0 Å². The fourth-order valence-electron chi connectivity index (χ4n) is 3.00. The van der Waals surface area contributed by atoms with Crippen LogP contribution in [0.2, 0.25) is 0 Å². The van der Waals surface area contributed by atoms with Gasteiger partial charge in [-0.1, -0.05) is 0 Å². The van der Waals surface area contributed by atoms with Crippen molar-refractivity contribution in [1.29, 1.82) is 0 Å². The third-order valence-electron chi connectivity index (χ3n) is 4.46. The predicted octanol–water partition coefficient (Wildman–Crippen LogP) is 0.267. The van der Waals surface area contributed by atoms with Gasteiger partial charge in [-0.25, -0.2) is 0 Å². The predicted molar refractivity (Wildman–Crippen MR) is 81.2 cm³/mol. The van der Waals surface area contributed by atoms with Crippen LogP contribution in [0.15, 0.2) is 0 Å². The summed E-state index contributed by atoms with van der Waals surface area (Å²) in [5.74, 6) is 0.853. The number of hydrogen-bond donors (Lipinski definition) is 1. The van der Waals surface area contributed by atoms with E-state index in [0.29, 0.717) is 0 Å². The second-order valence-corrected chi connectivity index (χ2v) is 5.94. The zero-order valence-corrected chi connectivity index (χ0v) is 13.0. The molecule has 2 aliphatic rings. The molecule has 2 saturated heterocycles. The summed E-state index contributed by atoms with van der Waals surface area (Å²) in [6, 6.07) is 0. The molecule has 2 fully saturated rings. The lowest BCUT2D eigenvalue weighted by Crippen LogP contribution is -2.44. The SMILES string of the molecule is COCCNCC1CCN(CCN2CCOCC2)CC1. The number of ether oxygens (including phenoxy) is 2. The van der Waals surface area contributed by atoms with Crippen molar-refractivity contribution in [3.8, 4) is 0 Å². The van der Waals surface area contributed by atoms with Gasteiger partial charge in [-0.2, -0.15) is 0 Å². The van der Waals surface area contributed by atoms with Crippen molar-refractivity contribution >= 4 is 0 Å². The normalized spacial score (nSPS) is 23.2. The van der Waals surface area contributed by atoms with Crippen LogP contribution in [0.25, 0.3) is 0 Å². The van der Waals surface area contributed by atoms with Gasteiger partial charge in [0.1, 0.15) is 0 Å². The highest BCUT2D eigenvalue weighted by atomic mass is 16.5. The summed E-state index contributed by atoms with van der Waals surface area (Å²) in [4.78, 5) is 5.16. The highest BCUT2D eigenvalue weighted by molar-refractivity contribution is 4.75. The van der Waals surface area contributed by atoms with Gasteiger partial charge in [0.15, 0.2) is 0 Å². The molecule has 0 aromatic carbocycles. The number of nitrogens with one attached hydrogen (secondary N) is 1. The van der Waals surface area contributed by atoms with E-state index in [0.717, 1.165) is 51.9 Å². The van der Waals surface area contributed by atoms with E-state index in [9.17, 15) is 0 Å². The Morgan fingerprint density at radius 2 is 1.70 bits per heavy atom. The van der Waals surface area contributed by atoms with E-state index in [-0.39, 0.29) is 0 Å². The lowest BCUT2D eigenvalue weighted by atomic mass is 9.97. The van der Waals surface area contributed by atoms with Crippen LogP contribution in [0.5, 0.6) is 0 Å². The van der Waals surface area contributed by atoms with Crippen LogP contribution in [-0.2, 0) is 9.47 Å². The summed E-state index contributed by atoms with van der Waals surface area (Å²) < 4.78 is 10.4. The van der Waals surface area contributed by atoms with Crippen molar-refractivity contribution < 1.29 is 9.47 Å². The van der Waals surface area contributed by atoms with Crippen molar-refractivity contribution in [1.82, 2.24) is 15.1 Å². The molecule has 0 amide bonds. The Labute approximate surface area is 123 Å². The molecule has 5 heteroatoms. The molecule has 0 atom stereocenters. The van der Waals surface area contributed by atoms with E-state index < -0.39 is 0 Å². The van der Waals surface area contributed by atoms with Crippen LogP contribution < -0.4 is 5.32 Å². The summed E-state index contributed by atoms with van der Waals surface area (Å²) in [5.41, 5.74) is 0. The monoisotopic (exact) mass is 285 g/mol. The molecule has 0 spiro atoms. The maximum absolute atomic E-state index is 5.39. The molecule has 20 heavy (non-hydrogen) atoms. The van der Waals surface area contributed by atoms with Crippen molar-refractivity contribution in [3.05, 3.63) is 0 Å². The number of methoxy groups -OCH3 is 1. The molecule has 0 bridgehead atoms. The average molecular weight is 285 g/mol. The molecule has 0 aromatic heterocycles. The first-order chi connectivity index (χ1) is 9.88. The minimum atomic E-state index is 0.818. The summed E-state index contributed by atoms with van der Waals surface area (Å²) in [6.45, 7) is 12.0. The average Bonchev–Trinajstić information content (AvgIpc) is 2.52. The Kier molecular flexibility index (Phi) is 7.83. The van der Waals surface area contributed by atoms with Gasteiger partial charge < -0.3 is 19.7 Å². The molecular formula is C15H31N3O2. The fraction of sp³-hybridized carbons (Fsp3) is 1.00. The topological polar surface area (TPSA) is 37.0 Å². The third kappa shape index (κ3) is 6.06. The first-order valence-electron chi connectivity index (χ1n) is 8.10. The van der Waals surface area contributed by atoms with E-state index in [2.05, 4.69) is 15.1 Å². The Morgan fingerprint density at radius 1 is 1.05 bits per heavy atom. The number of likely N-dealkylation sites (tertiary alicyclic amines) is 1. The second-order valence-electron chi connectivity index (χ2n) is 5.94. The first kappa shape index (κ1) is 16.2. The molecule has 118 valence electrons. The second kappa shape index (κ2) is 9.68. The van der Waals surface area contributed by atoms with Crippen LogP contribution in [-0.4, -0.2) is 89.1 Å². The van der Waals surface area contributed by atoms with Gasteiger partial charge in [0.2, 0.25) is 0 Å². The molecule has 1 N–H and O–H groups in total. The molecule has 0 unspecified atom stereocenters. The molecule has 2 aliphatic heterocycles. The summed E-state index contributed by atoms with van der Waals surface area (Å²) >= 11 is 0. The number of piperidine rings is 1. The van der Waals surface area contributed by atoms with Crippen molar-refractivity contribution in [2.75, 3.05) is 79.3 Å². The molecule has 0 radical (unpaired) electrons. The smallest absolute Gasteiger partial charge is 0.0594 e. The summed E-state index contributed by atoms with van der Waals surface area (Å²) in [6.07, 6.45) is 2.67. The van der Waals surface area contributed by atoms with Gasteiger partial charge in [-0.05, 0) is 38.4 Å². The first-order valence-corrected chi connectivity index (χ1v) is 8.10. The molecule has 0 aliphatic carbocycles. The molecule has 5 nitrogen and oxygen atoms in total. The lowest BCUT2D eigenvalue weighted by molar-refractivity contribution is 0.0314. The van der Waals surface area contributed by atoms with Crippen molar-refractivity contribution in [2.24, 2.45) is 5.92 Å². The molecule has 0 saturated carbocycles. The Bertz CT molecular complexity index is 239. The quantitative estimate of drug-likeness (QED) is 0.648. The third-order valence-corrected chi connectivity index (χ3v) is 4.46. The number of morpholine rings is 1. The summed E-state index contributed by atoms with van der Waals surface area (Å²) in [7, 11) is 1.76. The van der Waals surface area contributed by atoms with Crippen molar-refractivity contribution in [2.45, 2.75) is 12.8 Å². The minimum absolute atomic E-state index is 0.818. The zero-order valence-electron chi connectivity index (χ0n) is 13.0. The molecule has 0 aromatic rings. The van der Waals surface area contributed by atoms with E-state index in [1.165, 1.54) is 39.0 Å².